The first kappa shape index (κ1) is 25.3. The molecule has 0 radical (unpaired) electrons. The smallest absolute Gasteiger partial charge is 0.258 e. The highest BCUT2D eigenvalue weighted by Gasteiger charge is 2.28. The zero-order valence-electron chi connectivity index (χ0n) is 21.2. The quantitative estimate of drug-likeness (QED) is 0.268. The van der Waals surface area contributed by atoms with E-state index in [1.54, 1.807) is 24.3 Å². The van der Waals surface area contributed by atoms with Crippen LogP contribution < -0.4 is 16.0 Å². The third-order valence-electron chi connectivity index (χ3n) is 6.53. The number of aromatic amines is 1. The second-order valence-corrected chi connectivity index (χ2v) is 9.51. The SMILES string of the molecule is Cc1nc(-c2ccc(-c3ccc(NC(=O)c4ccccc4F)cc3F)c3c2C(=O)NC3)[nH]c1CNC(C)C. The molecule has 1 aliphatic heterocycles. The van der Waals surface area contributed by atoms with Gasteiger partial charge in [-0.15, -0.1) is 0 Å². The molecule has 0 bridgehead atoms. The molecule has 0 atom stereocenters. The monoisotopic (exact) mass is 515 g/mol. The van der Waals surface area contributed by atoms with E-state index in [0.717, 1.165) is 11.4 Å². The molecule has 38 heavy (non-hydrogen) atoms. The Morgan fingerprint density at radius 3 is 2.50 bits per heavy atom. The highest BCUT2D eigenvalue weighted by molar-refractivity contribution is 6.06. The first-order valence-electron chi connectivity index (χ1n) is 12.3. The van der Waals surface area contributed by atoms with Crippen LogP contribution in [0.25, 0.3) is 22.5 Å². The van der Waals surface area contributed by atoms with Crippen LogP contribution >= 0.6 is 0 Å². The van der Waals surface area contributed by atoms with Crippen LogP contribution in [0, 0.1) is 18.6 Å². The van der Waals surface area contributed by atoms with Gasteiger partial charge in [0, 0.05) is 35.9 Å². The van der Waals surface area contributed by atoms with Gasteiger partial charge in [-0.3, -0.25) is 9.59 Å². The molecule has 0 fully saturated rings. The predicted molar refractivity (Wildman–Crippen MR) is 142 cm³/mol. The maximum Gasteiger partial charge on any atom is 0.258 e. The van der Waals surface area contributed by atoms with Crippen molar-refractivity contribution in [2.75, 3.05) is 5.32 Å². The van der Waals surface area contributed by atoms with Crippen LogP contribution in [0.4, 0.5) is 14.5 Å². The summed E-state index contributed by atoms with van der Waals surface area (Å²) in [7, 11) is 0. The Morgan fingerprint density at radius 1 is 1.03 bits per heavy atom. The van der Waals surface area contributed by atoms with Gasteiger partial charge < -0.3 is 20.9 Å². The molecule has 1 aromatic heterocycles. The van der Waals surface area contributed by atoms with Gasteiger partial charge in [0.15, 0.2) is 0 Å². The van der Waals surface area contributed by atoms with Crippen LogP contribution in [0.2, 0.25) is 0 Å². The molecule has 4 aromatic rings. The first-order chi connectivity index (χ1) is 18.2. The molecule has 1 aliphatic rings. The zero-order valence-corrected chi connectivity index (χ0v) is 21.2. The number of nitrogens with zero attached hydrogens (tertiary/aromatic N) is 1. The fourth-order valence-electron chi connectivity index (χ4n) is 4.55. The summed E-state index contributed by atoms with van der Waals surface area (Å²) in [6, 6.07) is 13.7. The lowest BCUT2D eigenvalue weighted by molar-refractivity contribution is 0.0965. The van der Waals surface area contributed by atoms with Crippen LogP contribution in [-0.2, 0) is 13.1 Å². The summed E-state index contributed by atoms with van der Waals surface area (Å²) in [5.74, 6) is -1.59. The molecule has 5 rings (SSSR count). The van der Waals surface area contributed by atoms with Crippen molar-refractivity contribution in [3.8, 4) is 22.5 Å². The van der Waals surface area contributed by atoms with Crippen LogP contribution in [-0.4, -0.2) is 27.8 Å². The van der Waals surface area contributed by atoms with Crippen molar-refractivity contribution in [3.05, 3.63) is 94.3 Å². The molecule has 0 spiro atoms. The number of nitrogens with one attached hydrogen (secondary N) is 4. The van der Waals surface area contributed by atoms with Crippen molar-refractivity contribution < 1.29 is 18.4 Å². The minimum absolute atomic E-state index is 0.133. The van der Waals surface area contributed by atoms with Crippen molar-refractivity contribution in [1.82, 2.24) is 20.6 Å². The summed E-state index contributed by atoms with van der Waals surface area (Å²) in [5.41, 5.74) is 4.45. The molecule has 9 heteroatoms. The Labute approximate surface area is 218 Å². The van der Waals surface area contributed by atoms with Crippen molar-refractivity contribution in [2.45, 2.75) is 39.9 Å². The maximum atomic E-state index is 15.3. The number of aryl methyl sites for hydroxylation is 1. The van der Waals surface area contributed by atoms with Gasteiger partial charge in [0.25, 0.3) is 11.8 Å². The molecule has 4 N–H and O–H groups in total. The lowest BCUT2D eigenvalue weighted by Crippen LogP contribution is -2.22. The van der Waals surface area contributed by atoms with E-state index in [1.165, 1.54) is 30.3 Å². The minimum Gasteiger partial charge on any atom is -0.348 e. The number of hydrogen-bond acceptors (Lipinski definition) is 4. The van der Waals surface area contributed by atoms with E-state index in [0.29, 0.717) is 40.7 Å². The van der Waals surface area contributed by atoms with Crippen LogP contribution in [0.15, 0.2) is 54.6 Å². The molecular weight excluding hydrogens is 488 g/mol. The number of anilines is 1. The topological polar surface area (TPSA) is 98.9 Å². The van der Waals surface area contributed by atoms with E-state index in [1.807, 2.05) is 6.92 Å². The van der Waals surface area contributed by atoms with Gasteiger partial charge in [0.05, 0.1) is 22.5 Å². The van der Waals surface area contributed by atoms with E-state index >= 15 is 4.39 Å². The Balaban J connectivity index is 1.46. The Morgan fingerprint density at radius 2 is 1.76 bits per heavy atom. The Bertz CT molecular complexity index is 1560. The second kappa shape index (κ2) is 10.2. The molecule has 2 heterocycles. The number of H-pyrrole nitrogens is 1. The summed E-state index contributed by atoms with van der Waals surface area (Å²) in [5, 5.41) is 8.73. The van der Waals surface area contributed by atoms with Gasteiger partial charge in [-0.1, -0.05) is 32.0 Å². The van der Waals surface area contributed by atoms with Crippen LogP contribution in [0.5, 0.6) is 0 Å². The Kier molecular flexibility index (Phi) is 6.77. The third-order valence-corrected chi connectivity index (χ3v) is 6.53. The van der Waals surface area contributed by atoms with Crippen molar-refractivity contribution in [1.29, 1.82) is 0 Å². The summed E-state index contributed by atoms with van der Waals surface area (Å²) >= 11 is 0. The van der Waals surface area contributed by atoms with Crippen LogP contribution in [0.3, 0.4) is 0 Å². The molecule has 0 saturated carbocycles. The number of fused-ring (bicyclic) bond motifs is 1. The Hall–Kier alpha value is -4.37. The number of rotatable bonds is 7. The number of aromatic nitrogens is 2. The third kappa shape index (κ3) is 4.80. The predicted octanol–water partition coefficient (Wildman–Crippen LogP) is 5.32. The second-order valence-electron chi connectivity index (χ2n) is 9.51. The van der Waals surface area contributed by atoms with E-state index in [2.05, 4.69) is 39.8 Å². The largest absolute Gasteiger partial charge is 0.348 e. The fraction of sp³-hybridized carbons (Fsp3) is 0.207. The standard InChI is InChI=1S/C29H27F2N5O2/c1-15(2)32-14-25-16(3)34-27(36-25)21-11-10-18(22-13-33-29(38)26(21)22)19-9-8-17(12-24(19)31)35-28(37)20-6-4-5-7-23(20)30/h4-12,15,32H,13-14H2,1-3H3,(H,33,38)(H,34,36)(H,35,37). The number of amides is 2. The van der Waals surface area contributed by atoms with Gasteiger partial charge >= 0.3 is 0 Å². The molecule has 194 valence electrons. The van der Waals surface area contributed by atoms with Crippen molar-refractivity contribution in [2.24, 2.45) is 0 Å². The summed E-state index contributed by atoms with van der Waals surface area (Å²) < 4.78 is 29.2. The lowest BCUT2D eigenvalue weighted by atomic mass is 9.92. The number of carbonyl (C=O) groups is 2. The molecule has 3 aromatic carbocycles. The summed E-state index contributed by atoms with van der Waals surface area (Å²) in [6.07, 6.45) is 0. The average Bonchev–Trinajstić information content (AvgIpc) is 3.45. The number of halogens is 2. The molecule has 0 saturated heterocycles. The molecule has 2 amide bonds. The van der Waals surface area contributed by atoms with E-state index in [9.17, 15) is 14.0 Å². The van der Waals surface area contributed by atoms with Gasteiger partial charge in [0.1, 0.15) is 17.5 Å². The highest BCUT2D eigenvalue weighted by Crippen LogP contribution is 2.37. The zero-order chi connectivity index (χ0) is 27.0. The number of carbonyl (C=O) groups excluding carboxylic acids is 2. The van der Waals surface area contributed by atoms with E-state index in [4.69, 9.17) is 0 Å². The fourth-order valence-corrected chi connectivity index (χ4v) is 4.55. The van der Waals surface area contributed by atoms with E-state index < -0.39 is 17.5 Å². The lowest BCUT2D eigenvalue weighted by Gasteiger charge is -2.13. The van der Waals surface area contributed by atoms with Gasteiger partial charge in [0.2, 0.25) is 0 Å². The highest BCUT2D eigenvalue weighted by atomic mass is 19.1. The van der Waals surface area contributed by atoms with Crippen molar-refractivity contribution >= 4 is 17.5 Å². The summed E-state index contributed by atoms with van der Waals surface area (Å²) in [6.45, 7) is 6.91. The molecule has 0 unspecified atom stereocenters. The van der Waals surface area contributed by atoms with Crippen LogP contribution in [0.1, 0.15) is 51.5 Å². The molecular formula is C29H27F2N5O2. The molecule has 7 nitrogen and oxygen atoms in total. The minimum atomic E-state index is -0.674. The van der Waals surface area contributed by atoms with Crippen molar-refractivity contribution in [3.63, 3.8) is 0 Å². The first-order valence-corrected chi connectivity index (χ1v) is 12.3. The summed E-state index contributed by atoms with van der Waals surface area (Å²) in [4.78, 5) is 33.2. The maximum absolute atomic E-state index is 15.3. The number of hydrogen-bond donors (Lipinski definition) is 4. The normalized spacial score (nSPS) is 12.5. The van der Waals surface area contributed by atoms with Gasteiger partial charge in [-0.05, 0) is 54.4 Å². The molecule has 0 aliphatic carbocycles. The van der Waals surface area contributed by atoms with E-state index in [-0.39, 0.29) is 29.3 Å². The average molecular weight is 516 g/mol. The number of benzene rings is 3. The van der Waals surface area contributed by atoms with Gasteiger partial charge in [-0.2, -0.15) is 0 Å². The van der Waals surface area contributed by atoms with Gasteiger partial charge in [-0.25, -0.2) is 13.8 Å². The number of imidazole rings is 1.